The molecule has 0 aliphatic carbocycles. The van der Waals surface area contributed by atoms with Crippen molar-refractivity contribution in [3.8, 4) is 5.75 Å². The lowest BCUT2D eigenvalue weighted by atomic mass is 10.1. The van der Waals surface area contributed by atoms with Crippen molar-refractivity contribution >= 4 is 51.6 Å². The maximum atomic E-state index is 13.2. The molecule has 0 bridgehead atoms. The van der Waals surface area contributed by atoms with Gasteiger partial charge in [-0.3, -0.25) is 19.0 Å². The number of ether oxygens (including phenoxy) is 2. The van der Waals surface area contributed by atoms with Crippen molar-refractivity contribution in [2.75, 3.05) is 24.3 Å². The highest BCUT2D eigenvalue weighted by atomic mass is 35.5. The van der Waals surface area contributed by atoms with Gasteiger partial charge in [0.25, 0.3) is 11.5 Å². The van der Waals surface area contributed by atoms with Crippen molar-refractivity contribution in [2.45, 2.75) is 30.6 Å². The molecule has 1 unspecified atom stereocenters. The second-order valence-corrected chi connectivity index (χ2v) is 9.25. The molecular weight excluding hydrogens is 466 g/mol. The van der Waals surface area contributed by atoms with Gasteiger partial charge >= 0.3 is 0 Å². The number of anilines is 1. The highest BCUT2D eigenvalue weighted by molar-refractivity contribution is 7.99. The van der Waals surface area contributed by atoms with Crippen molar-refractivity contribution in [2.24, 2.45) is 0 Å². The molecule has 0 saturated carbocycles. The molecule has 3 aromatic rings. The zero-order valence-corrected chi connectivity index (χ0v) is 19.1. The Hall–Kier alpha value is -2.88. The summed E-state index contributed by atoms with van der Waals surface area (Å²) in [7, 11) is 0. The van der Waals surface area contributed by atoms with Crippen LogP contribution in [0, 0.1) is 0 Å². The zero-order chi connectivity index (χ0) is 22.9. The summed E-state index contributed by atoms with van der Waals surface area (Å²) in [6, 6.07) is 9.90. The number of hydrogen-bond donors (Lipinski definition) is 1. The molecule has 0 spiro atoms. The Bertz CT molecular complexity index is 1320. The van der Waals surface area contributed by atoms with Crippen LogP contribution in [0.4, 0.5) is 5.69 Å². The van der Waals surface area contributed by atoms with Gasteiger partial charge in [0.15, 0.2) is 17.5 Å². The van der Waals surface area contributed by atoms with E-state index in [-0.39, 0.29) is 35.7 Å². The second kappa shape index (κ2) is 9.17. The second-order valence-electron chi connectivity index (χ2n) is 7.87. The molecule has 2 aliphatic heterocycles. The van der Waals surface area contributed by atoms with E-state index in [0.29, 0.717) is 51.2 Å². The van der Waals surface area contributed by atoms with Gasteiger partial charge in [0.05, 0.1) is 35.0 Å². The fraction of sp³-hybridized carbons (Fsp3) is 0.304. The summed E-state index contributed by atoms with van der Waals surface area (Å²) in [5.74, 6) is 0.167. The molecule has 33 heavy (non-hydrogen) atoms. The lowest BCUT2D eigenvalue weighted by molar-refractivity contribution is -0.118. The largest absolute Gasteiger partial charge is 0.482 e. The van der Waals surface area contributed by atoms with Gasteiger partial charge in [0.1, 0.15) is 5.75 Å². The number of fused-ring (bicyclic) bond motifs is 2. The van der Waals surface area contributed by atoms with Gasteiger partial charge in [-0.25, -0.2) is 4.98 Å². The fourth-order valence-electron chi connectivity index (χ4n) is 3.91. The van der Waals surface area contributed by atoms with Gasteiger partial charge in [0.2, 0.25) is 0 Å². The summed E-state index contributed by atoms with van der Waals surface area (Å²) < 4.78 is 12.7. The summed E-state index contributed by atoms with van der Waals surface area (Å²) in [6.45, 7) is 1.01. The van der Waals surface area contributed by atoms with E-state index < -0.39 is 0 Å². The highest BCUT2D eigenvalue weighted by Gasteiger charge is 2.22. The molecule has 1 aromatic heterocycles. The number of carbonyl (C=O) groups excluding carboxylic acids is 2. The SMILES string of the molecule is O=C1COc2ccc(C(=O)CSc3nc4cc(Cl)ccc4c(=O)n3CC3CCCO3)cc2N1. The van der Waals surface area contributed by atoms with E-state index in [1.165, 1.54) is 11.8 Å². The van der Waals surface area contributed by atoms with Crippen molar-refractivity contribution in [1.82, 2.24) is 9.55 Å². The highest BCUT2D eigenvalue weighted by Crippen LogP contribution is 2.29. The number of nitrogens with zero attached hydrogens (tertiary/aromatic N) is 2. The van der Waals surface area contributed by atoms with Gasteiger partial charge in [-0.05, 0) is 49.2 Å². The molecule has 2 aromatic carbocycles. The van der Waals surface area contributed by atoms with Crippen molar-refractivity contribution < 1.29 is 19.1 Å². The third-order valence-electron chi connectivity index (χ3n) is 5.56. The molecule has 3 heterocycles. The quantitative estimate of drug-likeness (QED) is 0.324. The first-order chi connectivity index (χ1) is 16.0. The number of carbonyl (C=O) groups is 2. The topological polar surface area (TPSA) is 99.5 Å². The molecule has 1 atom stereocenters. The normalized spacial score (nSPS) is 17.5. The van der Waals surface area contributed by atoms with E-state index in [0.717, 1.165) is 12.8 Å². The maximum Gasteiger partial charge on any atom is 0.262 e. The summed E-state index contributed by atoms with van der Waals surface area (Å²) in [5.41, 5.74) is 1.20. The number of Topliss-reactive ketones (excluding diaryl/α,β-unsaturated/α-hetero) is 1. The van der Waals surface area contributed by atoms with E-state index in [1.54, 1.807) is 41.0 Å². The summed E-state index contributed by atoms with van der Waals surface area (Å²) >= 11 is 7.30. The Balaban J connectivity index is 1.42. The third-order valence-corrected chi connectivity index (χ3v) is 6.77. The summed E-state index contributed by atoms with van der Waals surface area (Å²) in [5, 5.41) is 4.10. The Morgan fingerprint density at radius 1 is 1.24 bits per heavy atom. The van der Waals surface area contributed by atoms with Crippen molar-refractivity contribution in [3.05, 3.63) is 57.3 Å². The molecule has 10 heteroatoms. The molecule has 0 radical (unpaired) electrons. The minimum atomic E-state index is -0.265. The first-order valence-corrected chi connectivity index (χ1v) is 11.9. The number of aromatic nitrogens is 2. The number of halogens is 1. The number of nitrogens with one attached hydrogen (secondary N) is 1. The van der Waals surface area contributed by atoms with Gasteiger partial charge in [-0.2, -0.15) is 0 Å². The first-order valence-electron chi connectivity index (χ1n) is 10.5. The number of thioether (sulfide) groups is 1. The number of amides is 1. The molecule has 1 N–H and O–H groups in total. The molecule has 1 fully saturated rings. The molecule has 1 saturated heterocycles. The monoisotopic (exact) mass is 485 g/mol. The van der Waals surface area contributed by atoms with Gasteiger partial charge in [-0.1, -0.05) is 23.4 Å². The number of rotatable bonds is 6. The van der Waals surface area contributed by atoms with E-state index in [9.17, 15) is 14.4 Å². The van der Waals surface area contributed by atoms with Crippen LogP contribution < -0.4 is 15.6 Å². The molecule has 5 rings (SSSR count). The van der Waals surface area contributed by atoms with Crippen molar-refractivity contribution in [1.29, 1.82) is 0 Å². The van der Waals surface area contributed by atoms with E-state index in [2.05, 4.69) is 10.3 Å². The van der Waals surface area contributed by atoms with Crippen LogP contribution in [-0.2, 0) is 16.1 Å². The van der Waals surface area contributed by atoms with Crippen LogP contribution in [0.2, 0.25) is 5.02 Å². The minimum Gasteiger partial charge on any atom is -0.482 e. The molecule has 1 amide bonds. The predicted molar refractivity (Wildman–Crippen MR) is 126 cm³/mol. The Labute approximate surface area is 198 Å². The van der Waals surface area contributed by atoms with Crippen LogP contribution in [0.3, 0.4) is 0 Å². The summed E-state index contributed by atoms with van der Waals surface area (Å²) in [6.07, 6.45) is 1.76. The van der Waals surface area contributed by atoms with E-state index in [1.807, 2.05) is 0 Å². The molecule has 8 nitrogen and oxygen atoms in total. The average molecular weight is 486 g/mol. The zero-order valence-electron chi connectivity index (χ0n) is 17.5. The third kappa shape index (κ3) is 4.62. The lowest BCUT2D eigenvalue weighted by Crippen LogP contribution is -2.29. The van der Waals surface area contributed by atoms with Crippen LogP contribution in [0.25, 0.3) is 10.9 Å². The Kier molecular flexibility index (Phi) is 6.09. The van der Waals surface area contributed by atoms with Crippen LogP contribution in [-0.4, -0.2) is 46.3 Å². The van der Waals surface area contributed by atoms with Crippen molar-refractivity contribution in [3.63, 3.8) is 0 Å². The lowest BCUT2D eigenvalue weighted by Gasteiger charge is -2.18. The Morgan fingerprint density at radius 2 is 2.12 bits per heavy atom. The van der Waals surface area contributed by atoms with Crippen LogP contribution in [0.5, 0.6) is 5.75 Å². The number of ketones is 1. The van der Waals surface area contributed by atoms with Crippen LogP contribution in [0.15, 0.2) is 46.3 Å². The minimum absolute atomic E-state index is 0.0456. The standard InChI is InChI=1S/C23H20ClN3O5S/c24-14-4-5-16-17(9-14)26-23(27(22(16)30)10-15-2-1-7-31-15)33-12-19(28)13-3-6-20-18(8-13)25-21(29)11-32-20/h3-6,8-9,15H,1-2,7,10-12H2,(H,25,29). The average Bonchev–Trinajstić information content (AvgIpc) is 3.32. The number of benzene rings is 2. The summed E-state index contributed by atoms with van der Waals surface area (Å²) in [4.78, 5) is 42.4. The van der Waals surface area contributed by atoms with Gasteiger partial charge in [-0.15, -0.1) is 0 Å². The van der Waals surface area contributed by atoms with E-state index in [4.69, 9.17) is 21.1 Å². The molecule has 170 valence electrons. The van der Waals surface area contributed by atoms with Gasteiger partial charge < -0.3 is 14.8 Å². The maximum absolute atomic E-state index is 13.2. The number of hydrogen-bond acceptors (Lipinski definition) is 7. The Morgan fingerprint density at radius 3 is 2.94 bits per heavy atom. The fourth-order valence-corrected chi connectivity index (χ4v) is 4.98. The first kappa shape index (κ1) is 21.9. The van der Waals surface area contributed by atoms with Crippen LogP contribution >= 0.6 is 23.4 Å². The molecule has 2 aliphatic rings. The predicted octanol–water partition coefficient (Wildman–Crippen LogP) is 3.53. The smallest absolute Gasteiger partial charge is 0.262 e. The van der Waals surface area contributed by atoms with E-state index >= 15 is 0 Å². The van der Waals surface area contributed by atoms with Crippen LogP contribution in [0.1, 0.15) is 23.2 Å². The molecular formula is C23H20ClN3O5S. The van der Waals surface area contributed by atoms with Gasteiger partial charge in [0, 0.05) is 17.2 Å².